The van der Waals surface area contributed by atoms with Crippen LogP contribution in [0, 0.1) is 0 Å². The van der Waals surface area contributed by atoms with Gasteiger partial charge in [0, 0.05) is 17.3 Å². The van der Waals surface area contributed by atoms with E-state index in [1.165, 1.54) is 24.3 Å². The molecule has 1 saturated carbocycles. The summed E-state index contributed by atoms with van der Waals surface area (Å²) < 4.78 is 28.1. The van der Waals surface area contributed by atoms with Gasteiger partial charge in [0.15, 0.2) is 11.5 Å². The number of anilines is 1. The molecule has 7 nitrogen and oxygen atoms in total. The van der Waals surface area contributed by atoms with E-state index in [0.717, 1.165) is 38.5 Å². The number of nitrogens with one attached hydrogen (secondary N) is 2. The highest BCUT2D eigenvalue weighted by Gasteiger charge is 2.21. The fourth-order valence-electron chi connectivity index (χ4n) is 3.58. The van der Waals surface area contributed by atoms with E-state index in [4.69, 9.17) is 0 Å². The number of benzene rings is 2. The van der Waals surface area contributed by atoms with E-state index in [0.29, 0.717) is 16.8 Å². The number of aromatic hydroxyl groups is 2. The number of phenolic OH excluding ortho intramolecular Hbond substituents is 2. The molecule has 1 aliphatic carbocycles. The van der Waals surface area contributed by atoms with Crippen LogP contribution in [0.4, 0.5) is 5.69 Å². The largest absolute Gasteiger partial charge is 0.504 e. The molecule has 0 aliphatic heterocycles. The van der Waals surface area contributed by atoms with Crippen molar-refractivity contribution in [3.63, 3.8) is 0 Å². The SMILES string of the molecule is CC(=Cc1ccc(O)c(O)c1)C(=O)Nc1ccc(S(=O)(=O)NC2CCCCCC2)cc1. The minimum atomic E-state index is -3.60. The minimum absolute atomic E-state index is 0.0287. The molecule has 0 heterocycles. The molecule has 0 spiro atoms. The van der Waals surface area contributed by atoms with Gasteiger partial charge in [-0.15, -0.1) is 0 Å². The fraction of sp³-hybridized carbons (Fsp3) is 0.348. The van der Waals surface area contributed by atoms with Gasteiger partial charge >= 0.3 is 0 Å². The molecule has 8 heteroatoms. The number of hydrogen-bond donors (Lipinski definition) is 4. The lowest BCUT2D eigenvalue weighted by molar-refractivity contribution is -0.112. The van der Waals surface area contributed by atoms with E-state index in [9.17, 15) is 23.4 Å². The van der Waals surface area contributed by atoms with Crippen molar-refractivity contribution in [3.05, 3.63) is 53.6 Å². The van der Waals surface area contributed by atoms with E-state index in [1.807, 2.05) is 0 Å². The fourth-order valence-corrected chi connectivity index (χ4v) is 4.88. The molecule has 2 aromatic carbocycles. The second kappa shape index (κ2) is 9.98. The molecule has 2 aromatic rings. The van der Waals surface area contributed by atoms with E-state index in [-0.39, 0.29) is 28.3 Å². The number of amides is 1. The maximum atomic E-state index is 12.7. The average Bonchev–Trinajstić information content (AvgIpc) is 2.99. The third kappa shape index (κ3) is 6.32. The highest BCUT2D eigenvalue weighted by molar-refractivity contribution is 7.89. The lowest BCUT2D eigenvalue weighted by atomic mass is 10.1. The maximum Gasteiger partial charge on any atom is 0.251 e. The van der Waals surface area contributed by atoms with Crippen molar-refractivity contribution in [3.8, 4) is 11.5 Å². The summed E-state index contributed by atoms with van der Waals surface area (Å²) in [6, 6.07) is 10.3. The molecule has 3 rings (SSSR count). The van der Waals surface area contributed by atoms with Crippen LogP contribution in [-0.2, 0) is 14.8 Å². The molecule has 0 aromatic heterocycles. The van der Waals surface area contributed by atoms with Gasteiger partial charge in [0.25, 0.3) is 5.91 Å². The topological polar surface area (TPSA) is 116 Å². The Labute approximate surface area is 182 Å². The summed E-state index contributed by atoms with van der Waals surface area (Å²) >= 11 is 0. The molecule has 4 N–H and O–H groups in total. The van der Waals surface area contributed by atoms with Crippen LogP contribution in [0.5, 0.6) is 11.5 Å². The molecular formula is C23H28N2O5S. The summed E-state index contributed by atoms with van der Waals surface area (Å²) in [7, 11) is -3.60. The third-order valence-corrected chi connectivity index (χ3v) is 6.88. The molecule has 0 saturated heterocycles. The Balaban J connectivity index is 1.64. The summed E-state index contributed by atoms with van der Waals surface area (Å²) in [5.74, 6) is -0.862. The molecule has 1 fully saturated rings. The molecule has 31 heavy (non-hydrogen) atoms. The van der Waals surface area contributed by atoms with Gasteiger partial charge in [-0.1, -0.05) is 31.7 Å². The summed E-state index contributed by atoms with van der Waals surface area (Å²) in [6.45, 7) is 1.62. The van der Waals surface area contributed by atoms with E-state index >= 15 is 0 Å². The van der Waals surface area contributed by atoms with Gasteiger partial charge in [-0.25, -0.2) is 13.1 Å². The molecule has 0 radical (unpaired) electrons. The molecule has 0 atom stereocenters. The van der Waals surface area contributed by atoms with Crippen molar-refractivity contribution in [2.45, 2.75) is 56.4 Å². The molecule has 1 aliphatic rings. The zero-order valence-corrected chi connectivity index (χ0v) is 18.3. The smallest absolute Gasteiger partial charge is 0.251 e. The third-order valence-electron chi connectivity index (χ3n) is 5.34. The van der Waals surface area contributed by atoms with Crippen LogP contribution >= 0.6 is 0 Å². The van der Waals surface area contributed by atoms with Gasteiger partial charge in [0.1, 0.15) is 0 Å². The number of phenols is 2. The zero-order chi connectivity index (χ0) is 22.4. The Morgan fingerprint density at radius 1 is 0.968 bits per heavy atom. The van der Waals surface area contributed by atoms with Crippen LogP contribution in [0.25, 0.3) is 6.08 Å². The molecule has 0 unspecified atom stereocenters. The second-order valence-electron chi connectivity index (χ2n) is 7.86. The van der Waals surface area contributed by atoms with Crippen molar-refractivity contribution < 1.29 is 23.4 Å². The van der Waals surface area contributed by atoms with E-state index < -0.39 is 10.0 Å². The van der Waals surface area contributed by atoms with Gasteiger partial charge in [-0.2, -0.15) is 0 Å². The van der Waals surface area contributed by atoms with Gasteiger partial charge < -0.3 is 15.5 Å². The van der Waals surface area contributed by atoms with Gasteiger partial charge in [-0.3, -0.25) is 4.79 Å². The first-order valence-electron chi connectivity index (χ1n) is 10.4. The number of sulfonamides is 1. The first-order chi connectivity index (χ1) is 14.7. The Kier molecular flexibility index (Phi) is 7.35. The Hall–Kier alpha value is -2.84. The maximum absolute atomic E-state index is 12.7. The van der Waals surface area contributed by atoms with Crippen molar-refractivity contribution >= 4 is 27.7 Å². The second-order valence-corrected chi connectivity index (χ2v) is 9.58. The number of carbonyl (C=O) groups excluding carboxylic acids is 1. The molecule has 0 bridgehead atoms. The summed E-state index contributed by atoms with van der Waals surface area (Å²) in [5, 5.41) is 21.7. The Morgan fingerprint density at radius 3 is 2.23 bits per heavy atom. The zero-order valence-electron chi connectivity index (χ0n) is 17.5. The standard InChI is InChI=1S/C23H28N2O5S/c1-16(14-17-8-13-21(26)22(27)15-17)23(28)24-18-9-11-20(12-10-18)31(29,30)25-19-6-4-2-3-5-7-19/h8-15,19,25-27H,2-7H2,1H3,(H,24,28). The minimum Gasteiger partial charge on any atom is -0.504 e. The highest BCUT2D eigenvalue weighted by atomic mass is 32.2. The van der Waals surface area contributed by atoms with Gasteiger partial charge in [-0.05, 0) is 67.8 Å². The first kappa shape index (κ1) is 22.8. The quantitative estimate of drug-likeness (QED) is 0.304. The predicted octanol–water partition coefficient (Wildman–Crippen LogP) is 4.14. The lowest BCUT2D eigenvalue weighted by Crippen LogP contribution is -2.34. The van der Waals surface area contributed by atoms with Crippen molar-refractivity contribution in [2.75, 3.05) is 5.32 Å². The highest BCUT2D eigenvalue weighted by Crippen LogP contribution is 2.26. The number of rotatable bonds is 6. The first-order valence-corrected chi connectivity index (χ1v) is 11.9. The molecule has 166 valence electrons. The Morgan fingerprint density at radius 2 is 1.61 bits per heavy atom. The van der Waals surface area contributed by atoms with Crippen molar-refractivity contribution in [2.24, 2.45) is 0 Å². The normalized spacial score (nSPS) is 16.0. The number of hydrogen-bond acceptors (Lipinski definition) is 5. The van der Waals surface area contributed by atoms with Crippen LogP contribution in [0.1, 0.15) is 51.0 Å². The number of carbonyl (C=O) groups is 1. The summed E-state index contributed by atoms with van der Waals surface area (Å²) in [6.07, 6.45) is 7.66. The summed E-state index contributed by atoms with van der Waals surface area (Å²) in [5.41, 5.74) is 1.42. The van der Waals surface area contributed by atoms with Gasteiger partial charge in [0.2, 0.25) is 10.0 Å². The monoisotopic (exact) mass is 444 g/mol. The van der Waals surface area contributed by atoms with E-state index in [1.54, 1.807) is 31.2 Å². The van der Waals surface area contributed by atoms with E-state index in [2.05, 4.69) is 10.0 Å². The molecular weight excluding hydrogens is 416 g/mol. The Bertz CT molecular complexity index is 1050. The predicted molar refractivity (Wildman–Crippen MR) is 120 cm³/mol. The summed E-state index contributed by atoms with van der Waals surface area (Å²) in [4.78, 5) is 12.6. The van der Waals surface area contributed by atoms with Crippen molar-refractivity contribution in [1.29, 1.82) is 0 Å². The van der Waals surface area contributed by atoms with Crippen LogP contribution in [-0.4, -0.2) is 30.6 Å². The van der Waals surface area contributed by atoms with Crippen LogP contribution < -0.4 is 10.0 Å². The average molecular weight is 445 g/mol. The van der Waals surface area contributed by atoms with Crippen LogP contribution in [0.3, 0.4) is 0 Å². The lowest BCUT2D eigenvalue weighted by Gasteiger charge is -2.16. The van der Waals surface area contributed by atoms with Crippen LogP contribution in [0.2, 0.25) is 0 Å². The van der Waals surface area contributed by atoms with Gasteiger partial charge in [0.05, 0.1) is 4.90 Å². The van der Waals surface area contributed by atoms with Crippen molar-refractivity contribution in [1.82, 2.24) is 4.72 Å². The molecule has 1 amide bonds. The van der Waals surface area contributed by atoms with Crippen LogP contribution in [0.15, 0.2) is 52.9 Å².